The molecule has 0 spiro atoms. The largest absolute Gasteiger partial charge is 0.416 e. The van der Waals surface area contributed by atoms with Crippen LogP contribution < -0.4 is 10.2 Å². The van der Waals surface area contributed by atoms with E-state index in [1.54, 1.807) is 12.1 Å². The Labute approximate surface area is 152 Å². The van der Waals surface area contributed by atoms with E-state index in [-0.39, 0.29) is 10.7 Å². The molecule has 0 fully saturated rings. The van der Waals surface area contributed by atoms with E-state index in [1.807, 2.05) is 12.1 Å². The van der Waals surface area contributed by atoms with E-state index in [0.717, 1.165) is 24.1 Å². The van der Waals surface area contributed by atoms with Gasteiger partial charge in [-0.2, -0.15) is 13.2 Å². The number of anilines is 2. The number of benzene rings is 2. The summed E-state index contributed by atoms with van der Waals surface area (Å²) >= 11 is 5.85. The second kappa shape index (κ2) is 6.99. The minimum absolute atomic E-state index is 0.0850. The molecule has 3 rings (SSSR count). The summed E-state index contributed by atoms with van der Waals surface area (Å²) in [6.45, 7) is 0.361. The molecule has 0 saturated carbocycles. The number of rotatable bonds is 1. The number of carbonyl (C=O) groups excluding carboxylic acids is 2. The minimum atomic E-state index is -4.58. The fourth-order valence-corrected chi connectivity index (χ4v) is 3.01. The molecule has 2 aromatic rings. The van der Waals surface area contributed by atoms with Crippen LogP contribution in [0.15, 0.2) is 42.5 Å². The highest BCUT2D eigenvalue weighted by Crippen LogP contribution is 2.34. The first-order valence-electron chi connectivity index (χ1n) is 7.85. The summed E-state index contributed by atoms with van der Waals surface area (Å²) in [6.07, 6.45) is -3.10. The van der Waals surface area contributed by atoms with Crippen molar-refractivity contribution in [3.63, 3.8) is 0 Å². The van der Waals surface area contributed by atoms with E-state index in [2.05, 4.69) is 5.32 Å². The van der Waals surface area contributed by atoms with E-state index in [4.69, 9.17) is 11.6 Å². The van der Waals surface area contributed by atoms with Gasteiger partial charge in [0.15, 0.2) is 0 Å². The number of hydrogen-bond acceptors (Lipinski definition) is 2. The standard InChI is InChI=1S/C18H14ClF3N2O2/c19-13-8-7-12(18(20,21)22)10-14(13)23-16(25)17(26)24-9-3-5-11-4-1-2-6-15(11)24/h1-2,4,6-8,10H,3,5,9H2,(H,23,25). The maximum Gasteiger partial charge on any atom is 0.416 e. The Hall–Kier alpha value is -2.54. The van der Waals surface area contributed by atoms with Gasteiger partial charge in [-0.05, 0) is 42.7 Å². The van der Waals surface area contributed by atoms with Crippen LogP contribution in [-0.4, -0.2) is 18.4 Å². The molecule has 0 radical (unpaired) electrons. The monoisotopic (exact) mass is 382 g/mol. The molecule has 2 amide bonds. The van der Waals surface area contributed by atoms with Crippen LogP contribution in [0.3, 0.4) is 0 Å². The van der Waals surface area contributed by atoms with Gasteiger partial charge in [0.2, 0.25) is 0 Å². The van der Waals surface area contributed by atoms with E-state index in [9.17, 15) is 22.8 Å². The maximum atomic E-state index is 12.8. The Morgan fingerprint density at radius 3 is 2.58 bits per heavy atom. The van der Waals surface area contributed by atoms with Crippen LogP contribution in [0.5, 0.6) is 0 Å². The fraction of sp³-hybridized carbons (Fsp3) is 0.222. The average molecular weight is 383 g/mol. The van der Waals surface area contributed by atoms with Gasteiger partial charge in [0.1, 0.15) is 0 Å². The topological polar surface area (TPSA) is 49.4 Å². The highest BCUT2D eigenvalue weighted by atomic mass is 35.5. The lowest BCUT2D eigenvalue weighted by Gasteiger charge is -2.28. The van der Waals surface area contributed by atoms with Crippen LogP contribution in [0, 0.1) is 0 Å². The van der Waals surface area contributed by atoms with Gasteiger partial charge in [-0.15, -0.1) is 0 Å². The zero-order valence-corrected chi connectivity index (χ0v) is 14.2. The number of aryl methyl sites for hydroxylation is 1. The number of nitrogens with zero attached hydrogens (tertiary/aromatic N) is 1. The van der Waals surface area contributed by atoms with Gasteiger partial charge in [-0.3, -0.25) is 9.59 Å². The van der Waals surface area contributed by atoms with Crippen LogP contribution in [0.25, 0.3) is 0 Å². The summed E-state index contributed by atoms with van der Waals surface area (Å²) in [6, 6.07) is 9.74. The molecule has 0 bridgehead atoms. The van der Waals surface area contributed by atoms with Crippen LogP contribution >= 0.6 is 11.6 Å². The fourth-order valence-electron chi connectivity index (χ4n) is 2.84. The zero-order valence-electron chi connectivity index (χ0n) is 13.4. The lowest BCUT2D eigenvalue weighted by atomic mass is 10.0. The Balaban J connectivity index is 1.82. The van der Waals surface area contributed by atoms with E-state index in [0.29, 0.717) is 24.7 Å². The smallest absolute Gasteiger partial charge is 0.316 e. The van der Waals surface area contributed by atoms with Crippen LogP contribution in [0.1, 0.15) is 17.5 Å². The van der Waals surface area contributed by atoms with Crippen molar-refractivity contribution in [3.05, 3.63) is 58.6 Å². The number of carbonyl (C=O) groups is 2. The number of amides is 2. The lowest BCUT2D eigenvalue weighted by molar-refractivity contribution is -0.137. The molecule has 1 aliphatic heterocycles. The highest BCUT2D eigenvalue weighted by molar-refractivity contribution is 6.45. The summed E-state index contributed by atoms with van der Waals surface area (Å²) in [7, 11) is 0. The van der Waals surface area contributed by atoms with Crippen LogP contribution in [0.4, 0.5) is 24.5 Å². The lowest BCUT2D eigenvalue weighted by Crippen LogP contribution is -2.42. The number of hydrogen-bond donors (Lipinski definition) is 1. The van der Waals surface area contributed by atoms with Gasteiger partial charge in [-0.1, -0.05) is 29.8 Å². The normalized spacial score (nSPS) is 13.9. The molecule has 8 heteroatoms. The summed E-state index contributed by atoms with van der Waals surface area (Å²) < 4.78 is 38.5. The first kappa shape index (κ1) is 18.3. The Morgan fingerprint density at radius 1 is 1.12 bits per heavy atom. The Bertz CT molecular complexity index is 868. The van der Waals surface area contributed by atoms with Crippen LogP contribution in [0.2, 0.25) is 5.02 Å². The number of nitrogens with one attached hydrogen (secondary N) is 1. The maximum absolute atomic E-state index is 12.8. The van der Waals surface area contributed by atoms with Crippen molar-refractivity contribution in [2.45, 2.75) is 19.0 Å². The Kier molecular flexibility index (Phi) is 4.91. The van der Waals surface area contributed by atoms with Gasteiger partial charge in [0, 0.05) is 12.2 Å². The van der Waals surface area contributed by atoms with E-state index >= 15 is 0 Å². The molecule has 0 atom stereocenters. The third kappa shape index (κ3) is 3.67. The molecule has 26 heavy (non-hydrogen) atoms. The molecule has 0 aromatic heterocycles. The number of para-hydroxylation sites is 1. The summed E-state index contributed by atoms with van der Waals surface area (Å²) in [4.78, 5) is 26.1. The molecule has 1 heterocycles. The predicted molar refractivity (Wildman–Crippen MR) is 92.2 cm³/mol. The van der Waals surface area contributed by atoms with Gasteiger partial charge in [0.25, 0.3) is 0 Å². The molecular weight excluding hydrogens is 369 g/mol. The van der Waals surface area contributed by atoms with Crippen molar-refractivity contribution in [3.8, 4) is 0 Å². The van der Waals surface area contributed by atoms with Crippen molar-refractivity contribution in [2.24, 2.45) is 0 Å². The van der Waals surface area contributed by atoms with Crippen molar-refractivity contribution in [1.82, 2.24) is 0 Å². The molecule has 1 aliphatic rings. The molecule has 0 saturated heterocycles. The molecule has 136 valence electrons. The highest BCUT2D eigenvalue weighted by Gasteiger charge is 2.32. The SMILES string of the molecule is O=C(Nc1cc(C(F)(F)F)ccc1Cl)C(=O)N1CCCc2ccccc21. The van der Waals surface area contributed by atoms with Crippen molar-refractivity contribution < 1.29 is 22.8 Å². The van der Waals surface area contributed by atoms with E-state index in [1.165, 1.54) is 4.90 Å². The van der Waals surface area contributed by atoms with Gasteiger partial charge in [-0.25, -0.2) is 0 Å². The number of alkyl halides is 3. The third-order valence-corrected chi connectivity index (χ3v) is 4.42. The summed E-state index contributed by atoms with van der Waals surface area (Å²) in [5, 5.41) is 2.10. The van der Waals surface area contributed by atoms with Crippen molar-refractivity contribution in [2.75, 3.05) is 16.8 Å². The molecular formula is C18H14ClF3N2O2. The van der Waals surface area contributed by atoms with Gasteiger partial charge in [0.05, 0.1) is 16.3 Å². The van der Waals surface area contributed by atoms with E-state index < -0.39 is 23.6 Å². The van der Waals surface area contributed by atoms with Crippen LogP contribution in [-0.2, 0) is 22.2 Å². The van der Waals surface area contributed by atoms with Gasteiger partial charge >= 0.3 is 18.0 Å². The average Bonchev–Trinajstić information content (AvgIpc) is 2.61. The molecule has 0 aliphatic carbocycles. The second-order valence-corrected chi connectivity index (χ2v) is 6.24. The molecule has 4 nitrogen and oxygen atoms in total. The molecule has 2 aromatic carbocycles. The number of halogens is 4. The summed E-state index contributed by atoms with van der Waals surface area (Å²) in [5.41, 5.74) is 0.351. The first-order chi connectivity index (χ1) is 12.3. The second-order valence-electron chi connectivity index (χ2n) is 5.84. The Morgan fingerprint density at radius 2 is 1.85 bits per heavy atom. The summed E-state index contributed by atoms with van der Waals surface area (Å²) in [5.74, 6) is -1.88. The van der Waals surface area contributed by atoms with Crippen molar-refractivity contribution >= 4 is 34.8 Å². The number of fused-ring (bicyclic) bond motifs is 1. The zero-order chi connectivity index (χ0) is 18.9. The third-order valence-electron chi connectivity index (χ3n) is 4.09. The quantitative estimate of drug-likeness (QED) is 0.748. The predicted octanol–water partition coefficient (Wildman–Crippen LogP) is 4.28. The molecule has 0 unspecified atom stereocenters. The minimum Gasteiger partial charge on any atom is -0.316 e. The van der Waals surface area contributed by atoms with Gasteiger partial charge < -0.3 is 10.2 Å². The van der Waals surface area contributed by atoms with Crippen molar-refractivity contribution in [1.29, 1.82) is 0 Å². The first-order valence-corrected chi connectivity index (χ1v) is 8.22. The molecule has 1 N–H and O–H groups in total.